The van der Waals surface area contributed by atoms with Crippen molar-refractivity contribution in [2.45, 2.75) is 63.8 Å². The number of ether oxygens (including phenoxy) is 2. The highest BCUT2D eigenvalue weighted by atomic mass is 19.3. The number of carboxylic acids is 2. The lowest BCUT2D eigenvalue weighted by Crippen LogP contribution is -2.54. The third-order valence-electron chi connectivity index (χ3n) is 4.28. The maximum absolute atomic E-state index is 12.7. The first-order chi connectivity index (χ1) is 14.3. The number of Topliss-reactive ketones (excluding diaryl/α,β-unsaturated/α-hetero) is 1. The Morgan fingerprint density at radius 1 is 0.935 bits per heavy atom. The van der Waals surface area contributed by atoms with E-state index in [1.54, 1.807) is 13.8 Å². The minimum absolute atomic E-state index is 0.0356. The van der Waals surface area contributed by atoms with Crippen molar-refractivity contribution in [1.82, 2.24) is 10.6 Å². The summed E-state index contributed by atoms with van der Waals surface area (Å²) in [5.74, 6) is -8.56. The van der Waals surface area contributed by atoms with E-state index in [4.69, 9.17) is 19.7 Å². The number of ketones is 1. The summed E-state index contributed by atoms with van der Waals surface area (Å²) in [6, 6.07) is -3.27. The van der Waals surface area contributed by atoms with Gasteiger partial charge in [-0.15, -0.1) is 0 Å². The summed E-state index contributed by atoms with van der Waals surface area (Å²) in [5.41, 5.74) is 0. The Morgan fingerprint density at radius 2 is 1.52 bits per heavy atom. The van der Waals surface area contributed by atoms with Crippen LogP contribution in [0.25, 0.3) is 0 Å². The third-order valence-corrected chi connectivity index (χ3v) is 4.28. The van der Waals surface area contributed by atoms with Crippen molar-refractivity contribution < 1.29 is 52.4 Å². The van der Waals surface area contributed by atoms with E-state index in [1.165, 1.54) is 0 Å². The Kier molecular flexibility index (Phi) is 9.91. The average Bonchev–Trinajstić information content (AvgIpc) is 3.05. The van der Waals surface area contributed by atoms with Crippen LogP contribution in [0.5, 0.6) is 0 Å². The van der Waals surface area contributed by atoms with E-state index in [0.717, 1.165) is 0 Å². The molecular weight excluding hydrogens is 426 g/mol. The number of rotatable bonds is 13. The molecule has 2 atom stereocenters. The molecule has 1 heterocycles. The maximum atomic E-state index is 12.7. The molecule has 0 bridgehead atoms. The molecule has 4 N–H and O–H groups in total. The van der Waals surface area contributed by atoms with Crippen LogP contribution in [0.1, 0.15) is 39.5 Å². The minimum atomic E-state index is -3.06. The zero-order valence-corrected chi connectivity index (χ0v) is 17.1. The summed E-state index contributed by atoms with van der Waals surface area (Å²) >= 11 is 0. The molecule has 0 radical (unpaired) electrons. The minimum Gasteiger partial charge on any atom is -0.481 e. The van der Waals surface area contributed by atoms with E-state index in [1.807, 2.05) is 5.32 Å². The third kappa shape index (κ3) is 8.92. The standard InChI is InChI=1S/C18H26F2N2O9/c1-9(2)5-11(16(27)22-10(6-12(19)20)15(26)17(28)29)21-13(23)7-18(8-14(24)25)30-3-4-31-18/h9-12H,3-8H2,1-2H3,(H,21,23)(H,22,27)(H,24,25)(H,28,29)/t10-,11-/m1/s1. The second kappa shape index (κ2) is 11.6. The van der Waals surface area contributed by atoms with Gasteiger partial charge in [-0.1, -0.05) is 13.8 Å². The predicted molar refractivity (Wildman–Crippen MR) is 98.1 cm³/mol. The Hall–Kier alpha value is -2.67. The second-order valence-corrected chi connectivity index (χ2v) is 7.46. The van der Waals surface area contributed by atoms with Crippen molar-refractivity contribution in [3.8, 4) is 0 Å². The molecule has 176 valence electrons. The first-order valence-electron chi connectivity index (χ1n) is 9.50. The molecule has 13 heteroatoms. The van der Waals surface area contributed by atoms with Crippen molar-refractivity contribution in [2.24, 2.45) is 5.92 Å². The molecule has 2 amide bonds. The van der Waals surface area contributed by atoms with Crippen molar-refractivity contribution >= 4 is 29.5 Å². The topological polar surface area (TPSA) is 168 Å². The van der Waals surface area contributed by atoms with Gasteiger partial charge in [-0.25, -0.2) is 13.6 Å². The van der Waals surface area contributed by atoms with Gasteiger partial charge >= 0.3 is 11.9 Å². The first-order valence-corrected chi connectivity index (χ1v) is 9.50. The molecule has 1 saturated heterocycles. The molecule has 1 rings (SSSR count). The van der Waals surface area contributed by atoms with Gasteiger partial charge in [0.25, 0.3) is 5.78 Å². The number of aliphatic carboxylic acids is 2. The van der Waals surface area contributed by atoms with Crippen LogP contribution in [0.2, 0.25) is 0 Å². The highest BCUT2D eigenvalue weighted by molar-refractivity contribution is 6.35. The van der Waals surface area contributed by atoms with Crippen LogP contribution in [0.4, 0.5) is 8.78 Å². The maximum Gasteiger partial charge on any atom is 0.374 e. The van der Waals surface area contributed by atoms with E-state index in [9.17, 15) is 32.8 Å². The quantitative estimate of drug-likeness (QED) is 0.279. The molecule has 0 spiro atoms. The molecule has 0 unspecified atom stereocenters. The SMILES string of the molecule is CC(C)C[C@@H](NC(=O)CC1(CC(=O)O)OCCO1)C(=O)N[C@H](CC(F)F)C(=O)C(=O)O. The number of hydrogen-bond donors (Lipinski definition) is 4. The predicted octanol–water partition coefficient (Wildman–Crippen LogP) is -0.0811. The van der Waals surface area contributed by atoms with Gasteiger partial charge in [0.15, 0.2) is 5.79 Å². The number of amides is 2. The lowest BCUT2D eigenvalue weighted by atomic mass is 10.0. The fraction of sp³-hybridized carbons (Fsp3) is 0.722. The molecule has 0 saturated carbocycles. The van der Waals surface area contributed by atoms with E-state index in [2.05, 4.69) is 5.32 Å². The summed E-state index contributed by atoms with van der Waals surface area (Å²) in [4.78, 5) is 58.6. The number of carboxylic acid groups (broad SMARTS) is 2. The lowest BCUT2D eigenvalue weighted by Gasteiger charge is -2.27. The van der Waals surface area contributed by atoms with Gasteiger partial charge < -0.3 is 30.3 Å². The number of hydrogen-bond acceptors (Lipinski definition) is 7. The number of carbonyl (C=O) groups is 5. The number of halogens is 2. The van der Waals surface area contributed by atoms with Gasteiger partial charge in [-0.2, -0.15) is 0 Å². The largest absolute Gasteiger partial charge is 0.481 e. The van der Waals surface area contributed by atoms with Crippen LogP contribution in [0, 0.1) is 5.92 Å². The molecule has 1 aliphatic heterocycles. The smallest absolute Gasteiger partial charge is 0.374 e. The zero-order chi connectivity index (χ0) is 23.8. The molecule has 1 aliphatic rings. The number of carbonyl (C=O) groups excluding carboxylic acids is 3. The summed E-state index contributed by atoms with van der Waals surface area (Å²) in [6.45, 7) is 3.56. The fourth-order valence-electron chi connectivity index (χ4n) is 3.02. The number of alkyl halides is 2. The van der Waals surface area contributed by atoms with E-state index < -0.39 is 73.1 Å². The van der Waals surface area contributed by atoms with E-state index >= 15 is 0 Å². The molecule has 0 aromatic rings. The van der Waals surface area contributed by atoms with Crippen molar-refractivity contribution in [3.63, 3.8) is 0 Å². The summed E-state index contributed by atoms with van der Waals surface area (Å²) in [7, 11) is 0. The zero-order valence-electron chi connectivity index (χ0n) is 17.1. The van der Waals surface area contributed by atoms with Gasteiger partial charge in [0.2, 0.25) is 18.2 Å². The van der Waals surface area contributed by atoms with Crippen molar-refractivity contribution in [3.05, 3.63) is 0 Å². The average molecular weight is 452 g/mol. The summed E-state index contributed by atoms with van der Waals surface area (Å²) in [5, 5.41) is 22.1. The Morgan fingerprint density at radius 3 is 1.97 bits per heavy atom. The van der Waals surface area contributed by atoms with Gasteiger partial charge in [-0.3, -0.25) is 19.2 Å². The van der Waals surface area contributed by atoms with Crippen molar-refractivity contribution in [2.75, 3.05) is 13.2 Å². The van der Waals surface area contributed by atoms with E-state index in [-0.39, 0.29) is 25.6 Å². The van der Waals surface area contributed by atoms with Crippen LogP contribution in [0.3, 0.4) is 0 Å². The Balaban J connectivity index is 2.91. The summed E-state index contributed by atoms with van der Waals surface area (Å²) in [6.07, 6.45) is -5.39. The molecular formula is C18H26F2N2O9. The first kappa shape index (κ1) is 26.4. The van der Waals surface area contributed by atoms with Crippen LogP contribution >= 0.6 is 0 Å². The normalized spacial score (nSPS) is 17.2. The fourth-order valence-corrected chi connectivity index (χ4v) is 3.02. The molecule has 0 aliphatic carbocycles. The highest BCUT2D eigenvalue weighted by Crippen LogP contribution is 2.27. The molecule has 31 heavy (non-hydrogen) atoms. The molecule has 11 nitrogen and oxygen atoms in total. The van der Waals surface area contributed by atoms with Crippen LogP contribution in [-0.2, 0) is 33.4 Å². The van der Waals surface area contributed by atoms with Gasteiger partial charge in [0, 0.05) is 6.42 Å². The van der Waals surface area contributed by atoms with E-state index in [0.29, 0.717) is 0 Å². The van der Waals surface area contributed by atoms with Crippen LogP contribution in [0.15, 0.2) is 0 Å². The van der Waals surface area contributed by atoms with Crippen molar-refractivity contribution in [1.29, 1.82) is 0 Å². The molecule has 0 aromatic heterocycles. The lowest BCUT2D eigenvalue weighted by molar-refractivity contribution is -0.184. The molecule has 1 fully saturated rings. The Labute approximate surface area is 176 Å². The monoisotopic (exact) mass is 452 g/mol. The van der Waals surface area contributed by atoms with Gasteiger partial charge in [0.1, 0.15) is 12.1 Å². The highest BCUT2D eigenvalue weighted by Gasteiger charge is 2.42. The Bertz CT molecular complexity index is 694. The van der Waals surface area contributed by atoms with Crippen LogP contribution < -0.4 is 10.6 Å². The number of nitrogens with one attached hydrogen (secondary N) is 2. The van der Waals surface area contributed by atoms with Gasteiger partial charge in [-0.05, 0) is 12.3 Å². The summed E-state index contributed by atoms with van der Waals surface area (Å²) < 4.78 is 35.9. The van der Waals surface area contributed by atoms with Gasteiger partial charge in [0.05, 0.1) is 26.1 Å². The second-order valence-electron chi connectivity index (χ2n) is 7.46. The molecule has 0 aromatic carbocycles. The van der Waals surface area contributed by atoms with Crippen LogP contribution in [-0.4, -0.2) is 77.3 Å².